The van der Waals surface area contributed by atoms with Crippen LogP contribution in [0.3, 0.4) is 0 Å². The molecule has 1 N–H and O–H groups in total. The molecule has 2 aromatic carbocycles. The molecule has 0 saturated carbocycles. The highest BCUT2D eigenvalue weighted by Crippen LogP contribution is 2.25. The minimum Gasteiger partial charge on any atom is -0.313 e. The van der Waals surface area contributed by atoms with Gasteiger partial charge in [0.25, 0.3) is 0 Å². The number of rotatable bonds is 6. The fraction of sp³-hybridized carbons (Fsp3) is 0.368. The summed E-state index contributed by atoms with van der Waals surface area (Å²) in [5.74, 6) is 0.446. The van der Waals surface area contributed by atoms with Crippen LogP contribution in [-0.4, -0.2) is 6.54 Å². The number of halogens is 1. The van der Waals surface area contributed by atoms with Gasteiger partial charge in [-0.15, -0.1) is 0 Å². The Bertz CT molecular complexity index is 590. The molecule has 0 fully saturated rings. The fourth-order valence-electron chi connectivity index (χ4n) is 2.51. The summed E-state index contributed by atoms with van der Waals surface area (Å²) in [6, 6.07) is 13.6. The first-order chi connectivity index (χ1) is 10.1. The van der Waals surface area contributed by atoms with Gasteiger partial charge in [-0.1, -0.05) is 51.1 Å². The Morgan fingerprint density at radius 2 is 1.86 bits per heavy atom. The molecule has 0 unspecified atom stereocenters. The summed E-state index contributed by atoms with van der Waals surface area (Å²) >= 11 is 0. The second kappa shape index (κ2) is 7.37. The highest BCUT2D eigenvalue weighted by Gasteiger charge is 2.08. The Morgan fingerprint density at radius 3 is 2.57 bits per heavy atom. The van der Waals surface area contributed by atoms with E-state index in [1.807, 2.05) is 24.3 Å². The average Bonchev–Trinajstić information content (AvgIpc) is 2.46. The van der Waals surface area contributed by atoms with Gasteiger partial charge in [-0.25, -0.2) is 4.39 Å². The Kier molecular flexibility index (Phi) is 5.51. The molecule has 0 aliphatic carbocycles. The fourth-order valence-corrected chi connectivity index (χ4v) is 2.51. The molecule has 0 aromatic heterocycles. The van der Waals surface area contributed by atoms with E-state index in [4.69, 9.17) is 0 Å². The zero-order valence-corrected chi connectivity index (χ0v) is 13.1. The predicted molar refractivity (Wildman–Crippen MR) is 87.8 cm³/mol. The molecular formula is C19H24FN. The van der Waals surface area contributed by atoms with Crippen molar-refractivity contribution in [1.29, 1.82) is 0 Å². The second-order valence-corrected chi connectivity index (χ2v) is 5.89. The molecule has 0 radical (unpaired) electrons. The standard InChI is InChI=1S/C19H24FN/c1-4-21-13-16-8-9-19(20)18(12-16)17-7-5-6-15(11-17)10-14(2)3/h5-9,11-12,14,21H,4,10,13H2,1-3H3. The molecular weight excluding hydrogens is 261 g/mol. The lowest BCUT2D eigenvalue weighted by Crippen LogP contribution is -2.11. The summed E-state index contributed by atoms with van der Waals surface area (Å²) in [5, 5.41) is 3.28. The van der Waals surface area contributed by atoms with Gasteiger partial charge >= 0.3 is 0 Å². The molecule has 2 rings (SSSR count). The van der Waals surface area contributed by atoms with Crippen molar-refractivity contribution in [2.75, 3.05) is 6.54 Å². The smallest absolute Gasteiger partial charge is 0.131 e. The number of benzene rings is 2. The third-order valence-corrected chi connectivity index (χ3v) is 3.49. The van der Waals surface area contributed by atoms with Crippen molar-refractivity contribution in [2.24, 2.45) is 5.92 Å². The molecule has 0 aliphatic rings. The number of nitrogens with one attached hydrogen (secondary N) is 1. The van der Waals surface area contributed by atoms with E-state index < -0.39 is 0 Å². The molecule has 0 aliphatic heterocycles. The summed E-state index contributed by atoms with van der Waals surface area (Å²) in [5.41, 5.74) is 4.03. The molecule has 0 bridgehead atoms. The molecule has 0 heterocycles. The van der Waals surface area contributed by atoms with Crippen LogP contribution in [0.4, 0.5) is 4.39 Å². The minimum atomic E-state index is -0.156. The zero-order chi connectivity index (χ0) is 15.2. The van der Waals surface area contributed by atoms with Gasteiger partial charge in [-0.2, -0.15) is 0 Å². The van der Waals surface area contributed by atoms with E-state index in [0.717, 1.165) is 30.6 Å². The Hall–Kier alpha value is -1.67. The van der Waals surface area contributed by atoms with Crippen LogP contribution in [0.25, 0.3) is 11.1 Å². The maximum atomic E-state index is 14.2. The van der Waals surface area contributed by atoms with E-state index >= 15 is 0 Å². The molecule has 0 amide bonds. The molecule has 1 nitrogen and oxygen atoms in total. The van der Waals surface area contributed by atoms with Crippen LogP contribution < -0.4 is 5.32 Å². The van der Waals surface area contributed by atoms with Crippen LogP contribution >= 0.6 is 0 Å². The van der Waals surface area contributed by atoms with Gasteiger partial charge in [-0.3, -0.25) is 0 Å². The van der Waals surface area contributed by atoms with Gasteiger partial charge < -0.3 is 5.32 Å². The topological polar surface area (TPSA) is 12.0 Å². The van der Waals surface area contributed by atoms with E-state index in [-0.39, 0.29) is 5.82 Å². The van der Waals surface area contributed by atoms with Crippen molar-refractivity contribution in [2.45, 2.75) is 33.7 Å². The van der Waals surface area contributed by atoms with Gasteiger partial charge in [0.05, 0.1) is 0 Å². The summed E-state index contributed by atoms with van der Waals surface area (Å²) in [6.07, 6.45) is 1.02. The number of hydrogen-bond acceptors (Lipinski definition) is 1. The summed E-state index contributed by atoms with van der Waals surface area (Å²) in [6.45, 7) is 8.15. The van der Waals surface area contributed by atoms with Crippen LogP contribution in [0.2, 0.25) is 0 Å². The van der Waals surface area contributed by atoms with Crippen LogP contribution in [0.15, 0.2) is 42.5 Å². The van der Waals surface area contributed by atoms with Gasteiger partial charge in [0.1, 0.15) is 5.82 Å². The van der Waals surface area contributed by atoms with Crippen LogP contribution in [0, 0.1) is 11.7 Å². The van der Waals surface area contributed by atoms with Crippen LogP contribution in [-0.2, 0) is 13.0 Å². The van der Waals surface area contributed by atoms with Gasteiger partial charge in [0, 0.05) is 12.1 Å². The monoisotopic (exact) mass is 285 g/mol. The molecule has 0 saturated heterocycles. The zero-order valence-electron chi connectivity index (χ0n) is 13.1. The third-order valence-electron chi connectivity index (χ3n) is 3.49. The average molecular weight is 285 g/mol. The molecule has 0 atom stereocenters. The summed E-state index contributed by atoms with van der Waals surface area (Å²) in [4.78, 5) is 0. The van der Waals surface area contributed by atoms with E-state index in [1.165, 1.54) is 5.56 Å². The van der Waals surface area contributed by atoms with Crippen molar-refractivity contribution in [1.82, 2.24) is 5.32 Å². The molecule has 21 heavy (non-hydrogen) atoms. The molecule has 2 heteroatoms. The van der Waals surface area contributed by atoms with Crippen LogP contribution in [0.1, 0.15) is 31.9 Å². The summed E-state index contributed by atoms with van der Waals surface area (Å²) in [7, 11) is 0. The predicted octanol–water partition coefficient (Wildman–Crippen LogP) is 4.80. The van der Waals surface area contributed by atoms with Gasteiger partial charge in [-0.05, 0) is 47.7 Å². The first-order valence-corrected chi connectivity index (χ1v) is 7.68. The lowest BCUT2D eigenvalue weighted by Gasteiger charge is -2.10. The molecule has 0 spiro atoms. The number of hydrogen-bond donors (Lipinski definition) is 1. The third kappa shape index (κ3) is 4.40. The largest absolute Gasteiger partial charge is 0.313 e. The molecule has 2 aromatic rings. The Balaban J connectivity index is 2.31. The lowest BCUT2D eigenvalue weighted by atomic mass is 9.97. The Labute approximate surface area is 127 Å². The highest BCUT2D eigenvalue weighted by atomic mass is 19.1. The van der Waals surface area contributed by atoms with E-state index in [2.05, 4.69) is 38.2 Å². The maximum Gasteiger partial charge on any atom is 0.131 e. The Morgan fingerprint density at radius 1 is 1.05 bits per heavy atom. The van der Waals surface area contributed by atoms with Crippen molar-refractivity contribution in [3.63, 3.8) is 0 Å². The van der Waals surface area contributed by atoms with Gasteiger partial charge in [0.2, 0.25) is 0 Å². The van der Waals surface area contributed by atoms with Crippen molar-refractivity contribution in [3.8, 4) is 11.1 Å². The first kappa shape index (κ1) is 15.7. The van der Waals surface area contributed by atoms with Crippen molar-refractivity contribution in [3.05, 3.63) is 59.4 Å². The van der Waals surface area contributed by atoms with Gasteiger partial charge in [0.15, 0.2) is 0 Å². The maximum absolute atomic E-state index is 14.2. The van der Waals surface area contributed by atoms with E-state index in [0.29, 0.717) is 11.5 Å². The van der Waals surface area contributed by atoms with Crippen molar-refractivity contribution >= 4 is 0 Å². The second-order valence-electron chi connectivity index (χ2n) is 5.89. The minimum absolute atomic E-state index is 0.156. The summed E-state index contributed by atoms with van der Waals surface area (Å²) < 4.78 is 14.2. The normalized spacial score (nSPS) is 11.1. The van der Waals surface area contributed by atoms with E-state index in [1.54, 1.807) is 6.07 Å². The SMILES string of the molecule is CCNCc1ccc(F)c(-c2cccc(CC(C)C)c2)c1. The van der Waals surface area contributed by atoms with E-state index in [9.17, 15) is 4.39 Å². The highest BCUT2D eigenvalue weighted by molar-refractivity contribution is 5.65. The quantitative estimate of drug-likeness (QED) is 0.804. The van der Waals surface area contributed by atoms with Crippen molar-refractivity contribution < 1.29 is 4.39 Å². The van der Waals surface area contributed by atoms with Crippen LogP contribution in [0.5, 0.6) is 0 Å². The first-order valence-electron chi connectivity index (χ1n) is 7.68. The molecule has 112 valence electrons. The lowest BCUT2D eigenvalue weighted by molar-refractivity contribution is 0.629.